The Balaban J connectivity index is 1.40. The molecule has 0 radical (unpaired) electrons. The van der Waals surface area contributed by atoms with Crippen LogP contribution >= 0.6 is 0 Å². The molecule has 0 aliphatic carbocycles. The summed E-state index contributed by atoms with van der Waals surface area (Å²) in [7, 11) is 0. The molecule has 24 heavy (non-hydrogen) atoms. The first-order valence-electron chi connectivity index (χ1n) is 7.96. The maximum Gasteiger partial charge on any atom is 0.256 e. The Hall–Kier alpha value is -2.67. The van der Waals surface area contributed by atoms with Crippen molar-refractivity contribution in [3.63, 3.8) is 0 Å². The van der Waals surface area contributed by atoms with E-state index in [2.05, 4.69) is 15.1 Å². The topological polar surface area (TPSA) is 75.2 Å². The molecule has 3 aromatic rings. The predicted molar refractivity (Wildman–Crippen MR) is 84.1 cm³/mol. The Labute approximate surface area is 139 Å². The van der Waals surface area contributed by atoms with Crippen molar-refractivity contribution in [1.29, 1.82) is 0 Å². The largest absolute Gasteiger partial charge is 0.485 e. The molecule has 1 aliphatic heterocycles. The summed E-state index contributed by atoms with van der Waals surface area (Å²) in [5, 5.41) is 4.00. The van der Waals surface area contributed by atoms with Crippen LogP contribution in [0.3, 0.4) is 0 Å². The van der Waals surface area contributed by atoms with Gasteiger partial charge < -0.3 is 18.6 Å². The van der Waals surface area contributed by atoms with Gasteiger partial charge in [0.1, 0.15) is 11.9 Å². The van der Waals surface area contributed by atoms with Gasteiger partial charge in [0.2, 0.25) is 5.82 Å². The van der Waals surface area contributed by atoms with E-state index in [9.17, 15) is 0 Å². The second-order valence-electron chi connectivity index (χ2n) is 5.75. The molecule has 2 atom stereocenters. The molecule has 3 heterocycles. The molecule has 1 fully saturated rings. The SMILES string of the molecule is c1ccc(OCc2noc([C@H]3OCC[C@H]3Cn3ccnc3)n2)cc1. The number of rotatable bonds is 6. The van der Waals surface area contributed by atoms with Gasteiger partial charge in [0.05, 0.1) is 6.33 Å². The van der Waals surface area contributed by atoms with Crippen LogP contribution in [0.1, 0.15) is 24.2 Å². The van der Waals surface area contributed by atoms with Gasteiger partial charge in [-0.25, -0.2) is 4.98 Å². The molecular formula is C17H18N4O3. The van der Waals surface area contributed by atoms with E-state index in [1.54, 1.807) is 6.20 Å². The first kappa shape index (κ1) is 14.9. The highest BCUT2D eigenvalue weighted by molar-refractivity contribution is 5.20. The highest BCUT2D eigenvalue weighted by atomic mass is 16.5. The number of hydrogen-bond donors (Lipinski definition) is 0. The molecule has 0 saturated carbocycles. The number of hydrogen-bond acceptors (Lipinski definition) is 6. The van der Waals surface area contributed by atoms with Crippen LogP contribution in [0.15, 0.2) is 53.6 Å². The zero-order chi connectivity index (χ0) is 16.2. The fourth-order valence-corrected chi connectivity index (χ4v) is 2.87. The van der Waals surface area contributed by atoms with E-state index in [1.165, 1.54) is 0 Å². The summed E-state index contributed by atoms with van der Waals surface area (Å²) < 4.78 is 18.9. The maximum atomic E-state index is 5.81. The lowest BCUT2D eigenvalue weighted by molar-refractivity contribution is 0.0586. The average Bonchev–Trinajstić information content (AvgIpc) is 3.36. The van der Waals surface area contributed by atoms with Gasteiger partial charge >= 0.3 is 0 Å². The van der Waals surface area contributed by atoms with Crippen LogP contribution in [0, 0.1) is 5.92 Å². The number of imidazole rings is 1. The van der Waals surface area contributed by atoms with Gasteiger partial charge in [-0.3, -0.25) is 0 Å². The molecule has 1 aromatic carbocycles. The van der Waals surface area contributed by atoms with E-state index >= 15 is 0 Å². The first-order valence-corrected chi connectivity index (χ1v) is 7.96. The number of nitrogens with zero attached hydrogens (tertiary/aromatic N) is 4. The van der Waals surface area contributed by atoms with Crippen LogP contribution in [-0.4, -0.2) is 26.3 Å². The van der Waals surface area contributed by atoms with Gasteiger partial charge in [-0.15, -0.1) is 0 Å². The summed E-state index contributed by atoms with van der Waals surface area (Å²) in [6.45, 7) is 1.79. The highest BCUT2D eigenvalue weighted by Crippen LogP contribution is 2.34. The van der Waals surface area contributed by atoms with Crippen molar-refractivity contribution in [3.8, 4) is 5.75 Å². The van der Waals surface area contributed by atoms with Crippen molar-refractivity contribution in [3.05, 3.63) is 60.8 Å². The van der Waals surface area contributed by atoms with Gasteiger partial charge in [-0.2, -0.15) is 4.98 Å². The zero-order valence-corrected chi connectivity index (χ0v) is 13.1. The van der Waals surface area contributed by atoms with Crippen molar-refractivity contribution in [2.75, 3.05) is 6.61 Å². The average molecular weight is 326 g/mol. The number of ether oxygens (including phenoxy) is 2. The van der Waals surface area contributed by atoms with E-state index < -0.39 is 0 Å². The van der Waals surface area contributed by atoms with Crippen molar-refractivity contribution >= 4 is 0 Å². The Morgan fingerprint density at radius 2 is 2.17 bits per heavy atom. The molecule has 1 aliphatic rings. The van der Waals surface area contributed by atoms with E-state index in [-0.39, 0.29) is 12.7 Å². The summed E-state index contributed by atoms with van der Waals surface area (Å²) >= 11 is 0. The zero-order valence-electron chi connectivity index (χ0n) is 13.1. The lowest BCUT2D eigenvalue weighted by Gasteiger charge is -2.15. The van der Waals surface area contributed by atoms with Crippen LogP contribution in [-0.2, 0) is 17.9 Å². The van der Waals surface area contributed by atoms with Crippen molar-refractivity contribution in [2.45, 2.75) is 25.7 Å². The van der Waals surface area contributed by atoms with Crippen LogP contribution in [0.25, 0.3) is 0 Å². The van der Waals surface area contributed by atoms with Gasteiger partial charge in [0.15, 0.2) is 6.61 Å². The third-order valence-electron chi connectivity index (χ3n) is 4.06. The Bertz CT molecular complexity index is 757. The Kier molecular flexibility index (Phi) is 4.24. The summed E-state index contributed by atoms with van der Waals surface area (Å²) in [6, 6.07) is 9.57. The fraction of sp³-hybridized carbons (Fsp3) is 0.353. The summed E-state index contributed by atoms with van der Waals surface area (Å²) in [5.74, 6) is 2.11. The standard InChI is InChI=1S/C17H18N4O3/c1-2-4-14(5-3-1)23-11-15-19-17(24-20-15)16-13(6-9-22-16)10-21-8-7-18-12-21/h1-5,7-8,12-13,16H,6,9-11H2/t13-,16-/m0/s1. The monoisotopic (exact) mass is 326 g/mol. The lowest BCUT2D eigenvalue weighted by atomic mass is 10.0. The molecule has 0 N–H and O–H groups in total. The molecule has 7 nitrogen and oxygen atoms in total. The molecule has 4 rings (SSSR count). The van der Waals surface area contributed by atoms with Crippen molar-refractivity contribution in [1.82, 2.24) is 19.7 Å². The third kappa shape index (κ3) is 3.30. The number of aromatic nitrogens is 4. The molecule has 7 heteroatoms. The third-order valence-corrected chi connectivity index (χ3v) is 4.06. The second kappa shape index (κ2) is 6.84. The summed E-state index contributed by atoms with van der Waals surface area (Å²) in [5.41, 5.74) is 0. The van der Waals surface area contributed by atoms with Gasteiger partial charge in [-0.05, 0) is 18.6 Å². The molecule has 0 bridgehead atoms. The van der Waals surface area contributed by atoms with Gasteiger partial charge in [0, 0.05) is 31.5 Å². The molecule has 1 saturated heterocycles. The minimum absolute atomic E-state index is 0.176. The van der Waals surface area contributed by atoms with E-state index in [0.717, 1.165) is 18.7 Å². The summed E-state index contributed by atoms with van der Waals surface area (Å²) in [4.78, 5) is 8.51. The van der Waals surface area contributed by atoms with Crippen LogP contribution in [0.4, 0.5) is 0 Å². The second-order valence-corrected chi connectivity index (χ2v) is 5.75. The van der Waals surface area contributed by atoms with E-state index in [1.807, 2.05) is 47.4 Å². The molecule has 0 spiro atoms. The molecule has 0 unspecified atom stereocenters. The Morgan fingerprint density at radius 1 is 1.25 bits per heavy atom. The predicted octanol–water partition coefficient (Wildman–Crippen LogP) is 2.62. The van der Waals surface area contributed by atoms with Crippen molar-refractivity contribution in [2.24, 2.45) is 5.92 Å². The van der Waals surface area contributed by atoms with Crippen molar-refractivity contribution < 1.29 is 14.0 Å². The Morgan fingerprint density at radius 3 is 3.00 bits per heavy atom. The fourth-order valence-electron chi connectivity index (χ4n) is 2.87. The van der Waals surface area contributed by atoms with Gasteiger partial charge in [-0.1, -0.05) is 23.4 Å². The number of para-hydroxylation sites is 1. The smallest absolute Gasteiger partial charge is 0.256 e. The highest BCUT2D eigenvalue weighted by Gasteiger charge is 2.34. The minimum atomic E-state index is -0.176. The normalized spacial score (nSPS) is 20.3. The summed E-state index contributed by atoms with van der Waals surface area (Å²) in [6.07, 6.45) is 6.31. The molecule has 2 aromatic heterocycles. The van der Waals surface area contributed by atoms with E-state index in [4.69, 9.17) is 14.0 Å². The molecular weight excluding hydrogens is 308 g/mol. The minimum Gasteiger partial charge on any atom is -0.485 e. The van der Waals surface area contributed by atoms with Crippen LogP contribution in [0.2, 0.25) is 0 Å². The molecule has 124 valence electrons. The quantitative estimate of drug-likeness (QED) is 0.693. The maximum absolute atomic E-state index is 5.81. The van der Waals surface area contributed by atoms with Crippen LogP contribution < -0.4 is 4.74 Å². The lowest BCUT2D eigenvalue weighted by Crippen LogP contribution is -2.14. The first-order chi connectivity index (χ1) is 11.9. The molecule has 0 amide bonds. The van der Waals surface area contributed by atoms with Crippen LogP contribution in [0.5, 0.6) is 5.75 Å². The van der Waals surface area contributed by atoms with E-state index in [0.29, 0.717) is 24.2 Å². The van der Waals surface area contributed by atoms with Gasteiger partial charge in [0.25, 0.3) is 5.89 Å². The number of benzene rings is 1.